The first-order valence-corrected chi connectivity index (χ1v) is 11.7. The number of para-hydroxylation sites is 1. The van der Waals surface area contributed by atoms with Gasteiger partial charge < -0.3 is 0 Å². The van der Waals surface area contributed by atoms with E-state index < -0.39 is 0 Å². The molecule has 0 radical (unpaired) electrons. The number of hydrogen-bond donors (Lipinski definition) is 0. The summed E-state index contributed by atoms with van der Waals surface area (Å²) in [5.41, 5.74) is 4.17. The number of fused-ring (bicyclic) bond motifs is 1. The summed E-state index contributed by atoms with van der Waals surface area (Å²) in [7, 11) is 0. The van der Waals surface area contributed by atoms with Crippen LogP contribution in [0.25, 0.3) is 28.1 Å². The molecule has 0 amide bonds. The summed E-state index contributed by atoms with van der Waals surface area (Å²) in [4.78, 5) is 9.54. The lowest BCUT2D eigenvalue weighted by molar-refractivity contribution is 0.750. The maximum absolute atomic E-state index is 4.81. The van der Waals surface area contributed by atoms with Gasteiger partial charge in [-0.15, -0.1) is 16.9 Å². The molecule has 0 aliphatic carbocycles. The minimum absolute atomic E-state index is 0.561. The Morgan fingerprint density at radius 1 is 0.900 bits per heavy atom. The van der Waals surface area contributed by atoms with Crippen molar-refractivity contribution in [1.29, 1.82) is 0 Å². The standard InChI is InChI=1S/C24H27N5S/c1-3-5-9-18-12-14-19(15-13-18)22-17-29(28-27-22)24-25-21-11-8-7-10-20(21)23(26-24)30-16-6-4-2/h7-8,10-15,17H,3-6,9,16H2,1-2H3. The maximum Gasteiger partial charge on any atom is 0.253 e. The molecular weight excluding hydrogens is 390 g/mol. The molecule has 0 N–H and O–H groups in total. The quantitative estimate of drug-likeness (QED) is 0.187. The van der Waals surface area contributed by atoms with E-state index in [2.05, 4.69) is 54.5 Å². The van der Waals surface area contributed by atoms with Crippen molar-refractivity contribution in [2.45, 2.75) is 51.0 Å². The van der Waals surface area contributed by atoms with E-state index in [1.807, 2.05) is 24.4 Å². The number of hydrogen-bond acceptors (Lipinski definition) is 5. The van der Waals surface area contributed by atoms with E-state index in [0.29, 0.717) is 5.95 Å². The lowest BCUT2D eigenvalue weighted by Crippen LogP contribution is -2.03. The number of aromatic nitrogens is 5. The van der Waals surface area contributed by atoms with E-state index in [1.54, 1.807) is 16.4 Å². The Morgan fingerprint density at radius 3 is 2.50 bits per heavy atom. The second kappa shape index (κ2) is 9.85. The first-order valence-electron chi connectivity index (χ1n) is 10.7. The molecule has 6 heteroatoms. The molecule has 0 saturated carbocycles. The molecule has 0 saturated heterocycles. The number of nitrogens with zero attached hydrogens (tertiary/aromatic N) is 5. The van der Waals surface area contributed by atoms with Crippen LogP contribution in [0.5, 0.6) is 0 Å². The zero-order chi connectivity index (χ0) is 20.8. The molecule has 0 fully saturated rings. The van der Waals surface area contributed by atoms with Crippen molar-refractivity contribution in [3.8, 4) is 17.2 Å². The van der Waals surface area contributed by atoms with Crippen LogP contribution in [0, 0.1) is 0 Å². The smallest absolute Gasteiger partial charge is 0.211 e. The molecule has 5 nitrogen and oxygen atoms in total. The fraction of sp³-hybridized carbons (Fsp3) is 0.333. The van der Waals surface area contributed by atoms with E-state index in [1.165, 1.54) is 31.2 Å². The first-order chi connectivity index (χ1) is 14.8. The number of unbranched alkanes of at least 4 members (excludes halogenated alkanes) is 2. The average Bonchev–Trinajstić information content (AvgIpc) is 3.28. The highest BCUT2D eigenvalue weighted by Crippen LogP contribution is 2.27. The van der Waals surface area contributed by atoms with Crippen LogP contribution in [0.4, 0.5) is 0 Å². The van der Waals surface area contributed by atoms with Crippen LogP contribution < -0.4 is 0 Å². The average molecular weight is 418 g/mol. The fourth-order valence-electron chi connectivity index (χ4n) is 3.28. The van der Waals surface area contributed by atoms with Gasteiger partial charge in [0.25, 0.3) is 5.95 Å². The van der Waals surface area contributed by atoms with Gasteiger partial charge in [-0.1, -0.05) is 74.4 Å². The molecule has 0 atom stereocenters. The van der Waals surface area contributed by atoms with Crippen LogP contribution in [-0.4, -0.2) is 30.7 Å². The second-order valence-electron chi connectivity index (χ2n) is 7.40. The van der Waals surface area contributed by atoms with E-state index in [0.717, 1.165) is 39.4 Å². The monoisotopic (exact) mass is 417 g/mol. The molecule has 30 heavy (non-hydrogen) atoms. The van der Waals surface area contributed by atoms with Gasteiger partial charge in [-0.2, -0.15) is 4.68 Å². The molecule has 154 valence electrons. The Labute approximate surface area is 182 Å². The van der Waals surface area contributed by atoms with Crippen LogP contribution in [-0.2, 0) is 6.42 Å². The topological polar surface area (TPSA) is 56.5 Å². The highest BCUT2D eigenvalue weighted by Gasteiger charge is 2.12. The zero-order valence-electron chi connectivity index (χ0n) is 17.6. The van der Waals surface area contributed by atoms with Crippen molar-refractivity contribution < 1.29 is 0 Å². The van der Waals surface area contributed by atoms with Gasteiger partial charge in [0, 0.05) is 10.9 Å². The molecule has 0 bridgehead atoms. The van der Waals surface area contributed by atoms with Crippen LogP contribution in [0.1, 0.15) is 45.1 Å². The minimum atomic E-state index is 0.561. The molecule has 2 aromatic carbocycles. The highest BCUT2D eigenvalue weighted by molar-refractivity contribution is 7.99. The third-order valence-electron chi connectivity index (χ3n) is 5.06. The summed E-state index contributed by atoms with van der Waals surface area (Å²) in [6.45, 7) is 4.42. The Kier molecular flexibility index (Phi) is 6.74. The van der Waals surface area contributed by atoms with Crippen molar-refractivity contribution >= 4 is 22.7 Å². The van der Waals surface area contributed by atoms with E-state index in [4.69, 9.17) is 9.97 Å². The van der Waals surface area contributed by atoms with Crippen molar-refractivity contribution in [2.24, 2.45) is 0 Å². The molecule has 4 rings (SSSR count). The van der Waals surface area contributed by atoms with Crippen molar-refractivity contribution in [3.05, 3.63) is 60.3 Å². The predicted octanol–water partition coefficient (Wildman–Crippen LogP) is 6.11. The fourth-order valence-corrected chi connectivity index (χ4v) is 4.38. The second-order valence-corrected chi connectivity index (χ2v) is 8.48. The Bertz CT molecular complexity index is 1100. The first kappa shape index (κ1) is 20.5. The van der Waals surface area contributed by atoms with E-state index in [9.17, 15) is 0 Å². The molecular formula is C24H27N5S. The predicted molar refractivity (Wildman–Crippen MR) is 124 cm³/mol. The molecule has 2 heterocycles. The van der Waals surface area contributed by atoms with Crippen LogP contribution >= 0.6 is 11.8 Å². The van der Waals surface area contributed by atoms with Crippen LogP contribution in [0.2, 0.25) is 0 Å². The van der Waals surface area contributed by atoms with E-state index in [-0.39, 0.29) is 0 Å². The zero-order valence-corrected chi connectivity index (χ0v) is 18.4. The Balaban J connectivity index is 1.62. The van der Waals surface area contributed by atoms with Crippen molar-refractivity contribution in [1.82, 2.24) is 25.0 Å². The SMILES string of the molecule is CCCCSc1nc(-n2cc(-c3ccc(CCCC)cc3)nn2)nc2ccccc12. The van der Waals surface area contributed by atoms with E-state index >= 15 is 0 Å². The van der Waals surface area contributed by atoms with Gasteiger partial charge in [-0.25, -0.2) is 9.97 Å². The molecule has 2 aromatic heterocycles. The number of benzene rings is 2. The number of rotatable bonds is 9. The summed E-state index contributed by atoms with van der Waals surface area (Å²) in [5, 5.41) is 10.8. The normalized spacial score (nSPS) is 11.3. The minimum Gasteiger partial charge on any atom is -0.211 e. The molecule has 0 aliphatic rings. The van der Waals surface area contributed by atoms with Crippen molar-refractivity contribution in [2.75, 3.05) is 5.75 Å². The third kappa shape index (κ3) is 4.70. The third-order valence-corrected chi connectivity index (χ3v) is 6.14. The summed E-state index contributed by atoms with van der Waals surface area (Å²) in [5.74, 6) is 1.61. The highest BCUT2D eigenvalue weighted by atomic mass is 32.2. The summed E-state index contributed by atoms with van der Waals surface area (Å²) >= 11 is 1.78. The Hall–Kier alpha value is -2.73. The molecule has 0 unspecified atom stereocenters. The van der Waals surface area contributed by atoms with Crippen LogP contribution in [0.3, 0.4) is 0 Å². The summed E-state index contributed by atoms with van der Waals surface area (Å²) in [6.07, 6.45) is 7.79. The van der Waals surface area contributed by atoms with Gasteiger partial charge in [-0.05, 0) is 36.6 Å². The van der Waals surface area contributed by atoms with Crippen LogP contribution in [0.15, 0.2) is 59.8 Å². The van der Waals surface area contributed by atoms with Gasteiger partial charge in [-0.3, -0.25) is 0 Å². The molecule has 0 aliphatic heterocycles. The van der Waals surface area contributed by atoms with Gasteiger partial charge in [0.2, 0.25) is 0 Å². The molecule has 4 aromatic rings. The lowest BCUT2D eigenvalue weighted by Gasteiger charge is -2.07. The van der Waals surface area contributed by atoms with Gasteiger partial charge in [0.05, 0.1) is 11.7 Å². The van der Waals surface area contributed by atoms with Crippen molar-refractivity contribution in [3.63, 3.8) is 0 Å². The maximum atomic E-state index is 4.81. The Morgan fingerprint density at radius 2 is 1.70 bits per heavy atom. The summed E-state index contributed by atoms with van der Waals surface area (Å²) in [6, 6.07) is 16.7. The molecule has 0 spiro atoms. The number of thioether (sulfide) groups is 1. The largest absolute Gasteiger partial charge is 0.253 e. The van der Waals surface area contributed by atoms with Gasteiger partial charge in [0.1, 0.15) is 10.7 Å². The lowest BCUT2D eigenvalue weighted by atomic mass is 10.1. The number of aryl methyl sites for hydroxylation is 1. The van der Waals surface area contributed by atoms with Gasteiger partial charge in [0.15, 0.2) is 0 Å². The summed E-state index contributed by atoms with van der Waals surface area (Å²) < 4.78 is 1.68. The van der Waals surface area contributed by atoms with Gasteiger partial charge >= 0.3 is 0 Å².